The second-order valence-electron chi connectivity index (χ2n) is 5.81. The van der Waals surface area contributed by atoms with Gasteiger partial charge in [0.25, 0.3) is 5.69 Å². The van der Waals surface area contributed by atoms with Gasteiger partial charge in [-0.2, -0.15) is 0 Å². The predicted octanol–water partition coefficient (Wildman–Crippen LogP) is 2.76. The Morgan fingerprint density at radius 1 is 1.30 bits per heavy atom. The van der Waals surface area contributed by atoms with Crippen LogP contribution in [0.2, 0.25) is 0 Å². The van der Waals surface area contributed by atoms with Crippen molar-refractivity contribution in [1.82, 2.24) is 0 Å². The van der Waals surface area contributed by atoms with Crippen molar-refractivity contribution in [3.63, 3.8) is 0 Å². The first-order valence-corrected chi connectivity index (χ1v) is 7.49. The van der Waals surface area contributed by atoms with E-state index in [0.29, 0.717) is 0 Å². The zero-order chi connectivity index (χ0) is 17.6. The monoisotopic (exact) mass is 342 g/mol. The van der Waals surface area contributed by atoms with Crippen molar-refractivity contribution < 1.29 is 19.2 Å². The first kappa shape index (κ1) is 18.9. The normalized spacial score (nSPS) is 11.0. The van der Waals surface area contributed by atoms with Gasteiger partial charge in [0.1, 0.15) is 18.2 Å². The van der Waals surface area contributed by atoms with E-state index in [1.165, 1.54) is 18.2 Å². The summed E-state index contributed by atoms with van der Waals surface area (Å²) in [5.41, 5.74) is -0.761. The van der Waals surface area contributed by atoms with E-state index < -0.39 is 22.2 Å². The van der Waals surface area contributed by atoms with Crippen molar-refractivity contribution in [2.45, 2.75) is 20.8 Å². The first-order chi connectivity index (χ1) is 10.7. The minimum atomic E-state index is -0.667. The van der Waals surface area contributed by atoms with Crippen LogP contribution < -0.4 is 4.90 Å². The number of hydrogen-bond acceptors (Lipinski definition) is 5. The summed E-state index contributed by atoms with van der Waals surface area (Å²) in [6.07, 6.45) is 0. The van der Waals surface area contributed by atoms with Crippen LogP contribution >= 0.6 is 11.6 Å². The van der Waals surface area contributed by atoms with Crippen molar-refractivity contribution in [2.75, 3.05) is 23.9 Å². The van der Waals surface area contributed by atoms with Crippen molar-refractivity contribution in [3.8, 4) is 0 Å². The van der Waals surface area contributed by atoms with Crippen molar-refractivity contribution in [1.29, 1.82) is 0 Å². The van der Waals surface area contributed by atoms with Crippen LogP contribution in [0.4, 0.5) is 11.4 Å². The molecule has 0 heterocycles. The van der Waals surface area contributed by atoms with E-state index in [1.807, 2.05) is 0 Å². The number of carbonyl (C=O) groups excluding carboxylic acids is 2. The van der Waals surface area contributed by atoms with Crippen LogP contribution in [0.15, 0.2) is 24.3 Å². The third kappa shape index (κ3) is 5.21. The summed E-state index contributed by atoms with van der Waals surface area (Å²) in [5, 5.41) is 11.1. The van der Waals surface area contributed by atoms with E-state index >= 15 is 0 Å². The molecule has 0 aliphatic heterocycles. The van der Waals surface area contributed by atoms with Crippen molar-refractivity contribution >= 4 is 34.9 Å². The predicted molar refractivity (Wildman–Crippen MR) is 86.6 cm³/mol. The fourth-order valence-electron chi connectivity index (χ4n) is 1.74. The number of amides is 1. The summed E-state index contributed by atoms with van der Waals surface area (Å²) in [7, 11) is 0. The van der Waals surface area contributed by atoms with E-state index in [4.69, 9.17) is 16.3 Å². The molecule has 0 N–H and O–H groups in total. The van der Waals surface area contributed by atoms with Gasteiger partial charge < -0.3 is 9.64 Å². The maximum absolute atomic E-state index is 12.0. The molecule has 0 fully saturated rings. The van der Waals surface area contributed by atoms with Gasteiger partial charge in [-0.05, 0) is 26.8 Å². The highest BCUT2D eigenvalue weighted by Crippen LogP contribution is 2.27. The topological polar surface area (TPSA) is 89.8 Å². The smallest absolute Gasteiger partial charge is 0.311 e. The highest BCUT2D eigenvalue weighted by Gasteiger charge is 2.26. The van der Waals surface area contributed by atoms with Crippen molar-refractivity contribution in [3.05, 3.63) is 34.4 Å². The van der Waals surface area contributed by atoms with E-state index in [1.54, 1.807) is 26.8 Å². The van der Waals surface area contributed by atoms with Crippen LogP contribution in [-0.4, -0.2) is 35.8 Å². The van der Waals surface area contributed by atoms with Crippen LogP contribution in [-0.2, 0) is 14.3 Å². The fourth-order valence-corrected chi connectivity index (χ4v) is 1.89. The molecule has 0 saturated carbocycles. The van der Waals surface area contributed by atoms with E-state index in [2.05, 4.69) is 0 Å². The molecule has 1 amide bonds. The lowest BCUT2D eigenvalue weighted by Gasteiger charge is -2.23. The van der Waals surface area contributed by atoms with Crippen LogP contribution in [0.3, 0.4) is 0 Å². The van der Waals surface area contributed by atoms with Gasteiger partial charge in [-0.1, -0.05) is 12.1 Å². The molecular weight excluding hydrogens is 324 g/mol. The molecule has 8 heteroatoms. The number of esters is 1. The summed E-state index contributed by atoms with van der Waals surface area (Å²) in [6.45, 7) is 5.03. The molecule has 23 heavy (non-hydrogen) atoms. The Kier molecular flexibility index (Phi) is 6.50. The fraction of sp³-hybridized carbons (Fsp3) is 0.467. The van der Waals surface area contributed by atoms with Gasteiger partial charge in [0, 0.05) is 6.07 Å². The molecule has 0 saturated heterocycles. The number of nitrogens with zero attached hydrogens (tertiary/aromatic N) is 2. The Balaban J connectivity index is 2.93. The van der Waals surface area contributed by atoms with E-state index in [9.17, 15) is 19.7 Å². The number of rotatable bonds is 6. The minimum absolute atomic E-state index is 0.0156. The lowest BCUT2D eigenvalue weighted by Crippen LogP contribution is -2.36. The zero-order valence-corrected chi connectivity index (χ0v) is 14.0. The molecule has 0 aromatic heterocycles. The minimum Gasteiger partial charge on any atom is -0.463 e. The Morgan fingerprint density at radius 2 is 1.91 bits per heavy atom. The summed E-state index contributed by atoms with van der Waals surface area (Å²) >= 11 is 5.57. The quantitative estimate of drug-likeness (QED) is 0.343. The molecule has 7 nitrogen and oxygen atoms in total. The lowest BCUT2D eigenvalue weighted by atomic mass is 9.97. The molecule has 0 bridgehead atoms. The maximum Gasteiger partial charge on any atom is 0.311 e. The number of alkyl halides is 1. The number of anilines is 1. The summed E-state index contributed by atoms with van der Waals surface area (Å²) in [6, 6.07) is 5.84. The summed E-state index contributed by atoms with van der Waals surface area (Å²) in [5.74, 6) is -1.26. The Labute approximate surface area is 139 Å². The largest absolute Gasteiger partial charge is 0.463 e. The molecule has 1 rings (SSSR count). The van der Waals surface area contributed by atoms with Gasteiger partial charge in [0.15, 0.2) is 0 Å². The average Bonchev–Trinajstić information content (AvgIpc) is 2.49. The lowest BCUT2D eigenvalue weighted by molar-refractivity contribution is -0.384. The zero-order valence-electron chi connectivity index (χ0n) is 13.2. The number of benzene rings is 1. The number of hydrogen-bond donors (Lipinski definition) is 0. The number of para-hydroxylation sites is 2. The highest BCUT2D eigenvalue weighted by molar-refractivity contribution is 6.29. The molecular formula is C15H19ClN2O5. The van der Waals surface area contributed by atoms with E-state index in [-0.39, 0.29) is 30.4 Å². The third-order valence-electron chi connectivity index (χ3n) is 2.95. The summed E-state index contributed by atoms with van der Waals surface area (Å²) < 4.78 is 5.11. The number of nitro groups is 1. The Hall–Kier alpha value is -2.15. The van der Waals surface area contributed by atoms with Crippen LogP contribution in [0.5, 0.6) is 0 Å². The van der Waals surface area contributed by atoms with Crippen molar-refractivity contribution in [2.24, 2.45) is 5.41 Å². The van der Waals surface area contributed by atoms with Gasteiger partial charge >= 0.3 is 5.97 Å². The molecule has 0 atom stereocenters. The Morgan fingerprint density at radius 3 is 2.43 bits per heavy atom. The standard InChI is InChI=1S/C15H19ClN2O5/c1-15(2,3)14(20)23-9-8-17(13(19)10-16)11-6-4-5-7-12(11)18(21)22/h4-7H,8-10H2,1-3H3. The van der Waals surface area contributed by atoms with Crippen LogP contribution in [0.25, 0.3) is 0 Å². The average molecular weight is 343 g/mol. The summed E-state index contributed by atoms with van der Waals surface area (Å²) in [4.78, 5) is 35.4. The Bertz CT molecular complexity index is 598. The van der Waals surface area contributed by atoms with Gasteiger partial charge in [-0.15, -0.1) is 11.6 Å². The van der Waals surface area contributed by atoms with E-state index in [0.717, 1.165) is 4.90 Å². The number of nitro benzene ring substituents is 1. The first-order valence-electron chi connectivity index (χ1n) is 6.95. The van der Waals surface area contributed by atoms with Crippen LogP contribution in [0, 0.1) is 15.5 Å². The second kappa shape index (κ2) is 7.92. The molecule has 0 spiro atoms. The number of halogens is 1. The SMILES string of the molecule is CC(C)(C)C(=O)OCCN(C(=O)CCl)c1ccccc1[N+](=O)[O-]. The van der Waals surface area contributed by atoms with Gasteiger partial charge in [-0.3, -0.25) is 19.7 Å². The molecule has 0 aliphatic rings. The second-order valence-corrected chi connectivity index (χ2v) is 6.08. The number of carbonyl (C=O) groups is 2. The highest BCUT2D eigenvalue weighted by atomic mass is 35.5. The maximum atomic E-state index is 12.0. The van der Waals surface area contributed by atoms with Gasteiger partial charge in [-0.25, -0.2) is 0 Å². The van der Waals surface area contributed by atoms with Gasteiger partial charge in [0.05, 0.1) is 16.9 Å². The molecule has 0 radical (unpaired) electrons. The number of ether oxygens (including phenoxy) is 1. The molecule has 1 aromatic carbocycles. The third-order valence-corrected chi connectivity index (χ3v) is 3.17. The van der Waals surface area contributed by atoms with Gasteiger partial charge in [0.2, 0.25) is 5.91 Å². The molecule has 126 valence electrons. The van der Waals surface area contributed by atoms with Crippen LogP contribution in [0.1, 0.15) is 20.8 Å². The molecule has 1 aromatic rings. The molecule has 0 aliphatic carbocycles. The molecule has 0 unspecified atom stereocenters.